The molecule has 0 spiro atoms. The van der Waals surface area contributed by atoms with E-state index in [0.717, 1.165) is 23.2 Å². The number of hydrogen-bond acceptors (Lipinski definition) is 3. The number of carbonyl (C=O) groups excluding carboxylic acids is 1. The second-order valence-electron chi connectivity index (χ2n) is 5.50. The number of hydrogen-bond donors (Lipinski definition) is 1. The number of nitrogens with one attached hydrogen (secondary N) is 1. The molecule has 2 aliphatic rings. The summed E-state index contributed by atoms with van der Waals surface area (Å²) < 4.78 is 0. The van der Waals surface area contributed by atoms with Gasteiger partial charge in [0.2, 0.25) is 7.98 Å². The normalized spacial score (nSPS) is 26.2. The SMILES string of the molecule is [B]N1C(=O)N(/N=C/C2CCC[NH+]([O-])C2)Cc2ccccc21. The molecule has 108 valence electrons. The molecule has 2 unspecified atom stereocenters. The maximum Gasteiger partial charge on any atom is 0.331 e. The molecule has 0 saturated carbocycles. The van der Waals surface area contributed by atoms with E-state index >= 15 is 0 Å². The summed E-state index contributed by atoms with van der Waals surface area (Å²) in [4.78, 5) is 13.3. The average molecular weight is 284 g/mol. The van der Waals surface area contributed by atoms with Gasteiger partial charge in [-0.2, -0.15) is 5.10 Å². The summed E-state index contributed by atoms with van der Waals surface area (Å²) in [5.41, 5.74) is 1.67. The lowest BCUT2D eigenvalue weighted by atomic mass is 10.0. The highest BCUT2D eigenvalue weighted by atomic mass is 16.5. The predicted molar refractivity (Wildman–Crippen MR) is 80.9 cm³/mol. The molecule has 2 aliphatic heterocycles. The Morgan fingerprint density at radius 3 is 3.05 bits per heavy atom. The van der Waals surface area contributed by atoms with Gasteiger partial charge in [-0.3, -0.25) is 0 Å². The summed E-state index contributed by atoms with van der Waals surface area (Å²) in [7, 11) is 5.83. The third-order valence-corrected chi connectivity index (χ3v) is 3.94. The monoisotopic (exact) mass is 284 g/mol. The van der Waals surface area contributed by atoms with Crippen molar-refractivity contribution in [3.63, 3.8) is 0 Å². The van der Waals surface area contributed by atoms with Gasteiger partial charge < -0.3 is 15.1 Å². The van der Waals surface area contributed by atoms with E-state index in [9.17, 15) is 10.0 Å². The van der Waals surface area contributed by atoms with E-state index in [4.69, 9.17) is 7.98 Å². The summed E-state index contributed by atoms with van der Waals surface area (Å²) in [5, 5.41) is 17.3. The first-order valence-electron chi connectivity index (χ1n) is 7.15. The van der Waals surface area contributed by atoms with E-state index in [2.05, 4.69) is 5.10 Å². The highest BCUT2D eigenvalue weighted by Crippen LogP contribution is 2.26. The molecular weight excluding hydrogens is 267 g/mol. The number of fused-ring (bicyclic) bond motifs is 1. The van der Waals surface area contributed by atoms with Crippen molar-refractivity contribution in [1.82, 2.24) is 5.01 Å². The highest BCUT2D eigenvalue weighted by molar-refractivity contribution is 6.31. The summed E-state index contributed by atoms with van der Waals surface area (Å²) in [6.45, 7) is 1.59. The number of quaternary nitrogens is 1. The van der Waals surface area contributed by atoms with Crippen LogP contribution in [0.4, 0.5) is 10.5 Å². The van der Waals surface area contributed by atoms with E-state index in [0.29, 0.717) is 25.3 Å². The molecule has 2 heterocycles. The van der Waals surface area contributed by atoms with Gasteiger partial charge in [-0.15, -0.1) is 0 Å². The summed E-state index contributed by atoms with van der Waals surface area (Å²) in [5.74, 6) is 0.127. The van der Waals surface area contributed by atoms with Crippen LogP contribution in [0, 0.1) is 11.1 Å². The Hall–Kier alpha value is -1.86. The van der Waals surface area contributed by atoms with Gasteiger partial charge in [0.05, 0.1) is 19.6 Å². The molecule has 6 nitrogen and oxygen atoms in total. The van der Waals surface area contributed by atoms with Gasteiger partial charge in [0.1, 0.15) is 0 Å². The van der Waals surface area contributed by atoms with Gasteiger partial charge in [0.15, 0.2) is 0 Å². The Kier molecular flexibility index (Phi) is 3.94. The second kappa shape index (κ2) is 5.87. The van der Waals surface area contributed by atoms with Gasteiger partial charge in [0, 0.05) is 17.8 Å². The molecule has 0 aromatic heterocycles. The first-order chi connectivity index (χ1) is 10.1. The molecular formula is C14H17BN4O2. The lowest BCUT2D eigenvalue weighted by molar-refractivity contribution is -0.856. The van der Waals surface area contributed by atoms with Crippen LogP contribution in [0.5, 0.6) is 0 Å². The highest BCUT2D eigenvalue weighted by Gasteiger charge is 2.27. The van der Waals surface area contributed by atoms with E-state index in [1.807, 2.05) is 24.3 Å². The number of hydroxylamine groups is 2. The third-order valence-electron chi connectivity index (χ3n) is 3.94. The number of carbonyl (C=O) groups is 1. The Labute approximate surface area is 125 Å². The van der Waals surface area contributed by atoms with E-state index in [-0.39, 0.29) is 17.0 Å². The Balaban J connectivity index is 1.73. The number of hydrazone groups is 1. The average Bonchev–Trinajstić information content (AvgIpc) is 2.50. The quantitative estimate of drug-likeness (QED) is 0.482. The first-order valence-corrected chi connectivity index (χ1v) is 7.15. The first kappa shape index (κ1) is 14.1. The molecule has 0 bridgehead atoms. The number of benzene rings is 1. The number of para-hydroxylation sites is 1. The molecule has 21 heavy (non-hydrogen) atoms. The smallest absolute Gasteiger partial charge is 0.331 e. The van der Waals surface area contributed by atoms with Crippen LogP contribution in [0.2, 0.25) is 0 Å². The van der Waals surface area contributed by atoms with Crippen LogP contribution in [-0.2, 0) is 6.54 Å². The van der Waals surface area contributed by atoms with Crippen molar-refractivity contribution >= 4 is 25.9 Å². The van der Waals surface area contributed by atoms with E-state index in [1.165, 1.54) is 5.01 Å². The Bertz CT molecular complexity index is 566. The van der Waals surface area contributed by atoms with Crippen molar-refractivity contribution < 1.29 is 9.86 Å². The number of piperidine rings is 1. The third kappa shape index (κ3) is 2.93. The van der Waals surface area contributed by atoms with Crippen LogP contribution >= 0.6 is 0 Å². The number of rotatable bonds is 2. The summed E-state index contributed by atoms with van der Waals surface area (Å²) in [6.07, 6.45) is 3.56. The Morgan fingerprint density at radius 2 is 2.24 bits per heavy atom. The number of urea groups is 1. The molecule has 2 radical (unpaired) electrons. The molecule has 3 rings (SSSR count). The maximum absolute atomic E-state index is 12.2. The van der Waals surface area contributed by atoms with Gasteiger partial charge in [-0.25, -0.2) is 9.80 Å². The van der Waals surface area contributed by atoms with Crippen LogP contribution in [0.25, 0.3) is 0 Å². The zero-order valence-corrected chi connectivity index (χ0v) is 11.7. The number of anilines is 1. The van der Waals surface area contributed by atoms with Gasteiger partial charge in [-0.05, 0) is 24.5 Å². The molecule has 1 saturated heterocycles. The lowest BCUT2D eigenvalue weighted by Gasteiger charge is -2.33. The number of amides is 2. The standard InChI is InChI=1S/C14H17BN4O2/c15-19-13-6-2-1-5-12(13)10-18(14(19)20)16-8-11-4-3-7-17(21)9-11/h1-2,5-6,8,11,17H,3-4,7,9-10H2/b16-8+. The van der Waals surface area contributed by atoms with Crippen LogP contribution in [0.1, 0.15) is 18.4 Å². The predicted octanol–water partition coefficient (Wildman–Crippen LogP) is 0.291. The second-order valence-corrected chi connectivity index (χ2v) is 5.50. The lowest BCUT2D eigenvalue weighted by Crippen LogP contribution is -3.09. The molecule has 1 N–H and O–H groups in total. The maximum atomic E-state index is 12.2. The summed E-state index contributed by atoms with van der Waals surface area (Å²) >= 11 is 0. The number of nitrogens with zero attached hydrogens (tertiary/aromatic N) is 3. The zero-order chi connectivity index (χ0) is 14.8. The van der Waals surface area contributed by atoms with E-state index in [1.54, 1.807) is 6.21 Å². The minimum atomic E-state index is -0.355. The molecule has 7 heteroatoms. The molecule has 2 amide bonds. The van der Waals surface area contributed by atoms with Crippen molar-refractivity contribution in [2.24, 2.45) is 11.0 Å². The fourth-order valence-corrected chi connectivity index (χ4v) is 2.79. The minimum absolute atomic E-state index is 0.127. The van der Waals surface area contributed by atoms with Crippen LogP contribution in [0.15, 0.2) is 29.4 Å². The molecule has 1 fully saturated rings. The van der Waals surface area contributed by atoms with Crippen molar-refractivity contribution in [2.45, 2.75) is 19.4 Å². The molecule has 1 aromatic carbocycles. The Morgan fingerprint density at radius 1 is 1.43 bits per heavy atom. The van der Waals surface area contributed by atoms with Crippen LogP contribution in [0.3, 0.4) is 0 Å². The molecule has 1 aromatic rings. The van der Waals surface area contributed by atoms with Crippen LogP contribution in [-0.4, -0.2) is 38.3 Å². The van der Waals surface area contributed by atoms with E-state index < -0.39 is 0 Å². The minimum Gasteiger partial charge on any atom is -0.634 e. The fraction of sp³-hybridized carbons (Fsp3) is 0.429. The molecule has 0 aliphatic carbocycles. The summed E-state index contributed by atoms with van der Waals surface area (Å²) in [6, 6.07) is 7.14. The van der Waals surface area contributed by atoms with Crippen molar-refractivity contribution in [3.8, 4) is 0 Å². The topological polar surface area (TPSA) is 63.4 Å². The van der Waals surface area contributed by atoms with Gasteiger partial charge in [-0.1, -0.05) is 18.2 Å². The van der Waals surface area contributed by atoms with Gasteiger partial charge >= 0.3 is 6.03 Å². The van der Waals surface area contributed by atoms with Crippen molar-refractivity contribution in [1.29, 1.82) is 0 Å². The molecule has 2 atom stereocenters. The fourth-order valence-electron chi connectivity index (χ4n) is 2.79. The zero-order valence-electron chi connectivity index (χ0n) is 11.7. The largest absolute Gasteiger partial charge is 0.634 e. The van der Waals surface area contributed by atoms with Crippen molar-refractivity contribution in [2.75, 3.05) is 17.9 Å². The van der Waals surface area contributed by atoms with Crippen LogP contribution < -0.4 is 9.87 Å². The van der Waals surface area contributed by atoms with Gasteiger partial charge in [0.25, 0.3) is 0 Å². The van der Waals surface area contributed by atoms with Crippen molar-refractivity contribution in [3.05, 3.63) is 35.0 Å².